The van der Waals surface area contributed by atoms with Gasteiger partial charge in [-0.05, 0) is 52.3 Å². The Morgan fingerprint density at radius 3 is 2.43 bits per heavy atom. The second-order valence-corrected chi connectivity index (χ2v) is 6.33. The van der Waals surface area contributed by atoms with Gasteiger partial charge in [0.25, 0.3) is 5.91 Å². The van der Waals surface area contributed by atoms with Crippen molar-refractivity contribution in [3.05, 3.63) is 56.5 Å². The Hall–Kier alpha value is -1.27. The molecule has 2 aromatic carbocycles. The molecule has 0 radical (unpaired) electrons. The maximum absolute atomic E-state index is 12.3. The Morgan fingerprint density at radius 1 is 1.13 bits per heavy atom. The molecule has 0 spiro atoms. The van der Waals surface area contributed by atoms with Gasteiger partial charge in [-0.3, -0.25) is 4.79 Å². The summed E-state index contributed by atoms with van der Waals surface area (Å²) >= 11 is 15.2. The zero-order valence-corrected chi connectivity index (χ0v) is 15.3. The van der Waals surface area contributed by atoms with Crippen LogP contribution in [-0.2, 0) is 4.74 Å². The average molecular weight is 419 g/mol. The number of carbonyl (C=O) groups is 1. The van der Waals surface area contributed by atoms with Crippen LogP contribution in [0.5, 0.6) is 5.75 Å². The minimum absolute atomic E-state index is 0.271. The molecular formula is C16H14BrCl2NO3. The molecule has 0 aliphatic heterocycles. The first-order chi connectivity index (χ1) is 11.0. The van der Waals surface area contributed by atoms with Crippen molar-refractivity contribution in [1.29, 1.82) is 0 Å². The van der Waals surface area contributed by atoms with Gasteiger partial charge in [-0.15, -0.1) is 0 Å². The number of hydrogen-bond donors (Lipinski definition) is 1. The monoisotopic (exact) mass is 417 g/mol. The first kappa shape index (κ1) is 18.1. The lowest BCUT2D eigenvalue weighted by molar-refractivity contribution is 0.102. The van der Waals surface area contributed by atoms with Crippen LogP contribution in [0.1, 0.15) is 10.4 Å². The molecule has 0 saturated heterocycles. The van der Waals surface area contributed by atoms with E-state index in [1.165, 1.54) is 0 Å². The van der Waals surface area contributed by atoms with Gasteiger partial charge in [-0.25, -0.2) is 0 Å². The third-order valence-electron chi connectivity index (χ3n) is 2.86. The van der Waals surface area contributed by atoms with Gasteiger partial charge in [0.2, 0.25) is 0 Å². The first-order valence-electron chi connectivity index (χ1n) is 6.68. The molecule has 0 heterocycles. The number of nitrogens with one attached hydrogen (secondary N) is 1. The summed E-state index contributed by atoms with van der Waals surface area (Å²) in [4.78, 5) is 12.3. The van der Waals surface area contributed by atoms with E-state index in [-0.39, 0.29) is 5.91 Å². The molecule has 122 valence electrons. The molecule has 0 aliphatic rings. The highest BCUT2D eigenvalue weighted by molar-refractivity contribution is 9.10. The summed E-state index contributed by atoms with van der Waals surface area (Å²) in [5, 5.41) is 3.66. The van der Waals surface area contributed by atoms with Gasteiger partial charge < -0.3 is 14.8 Å². The topological polar surface area (TPSA) is 47.6 Å². The summed E-state index contributed by atoms with van der Waals surface area (Å²) < 4.78 is 11.1. The number of amides is 1. The van der Waals surface area contributed by atoms with Crippen molar-refractivity contribution >= 4 is 50.7 Å². The van der Waals surface area contributed by atoms with Crippen LogP contribution in [0.2, 0.25) is 10.0 Å². The van der Waals surface area contributed by atoms with E-state index in [1.54, 1.807) is 43.5 Å². The lowest BCUT2D eigenvalue weighted by Crippen LogP contribution is -2.12. The van der Waals surface area contributed by atoms with Crippen LogP contribution in [0, 0.1) is 0 Å². The Bertz CT molecular complexity index is 689. The second kappa shape index (κ2) is 8.55. The number of anilines is 1. The van der Waals surface area contributed by atoms with E-state index in [4.69, 9.17) is 32.7 Å². The highest BCUT2D eigenvalue weighted by Crippen LogP contribution is 2.27. The van der Waals surface area contributed by atoms with Crippen LogP contribution in [0.25, 0.3) is 0 Å². The Balaban J connectivity index is 2.08. The molecule has 2 rings (SSSR count). The molecule has 2 aromatic rings. The summed E-state index contributed by atoms with van der Waals surface area (Å²) in [7, 11) is 1.61. The second-order valence-electron chi connectivity index (χ2n) is 4.60. The van der Waals surface area contributed by atoms with Crippen LogP contribution in [-0.4, -0.2) is 26.2 Å². The summed E-state index contributed by atoms with van der Waals surface area (Å²) in [6.45, 7) is 0.922. The smallest absolute Gasteiger partial charge is 0.255 e. The lowest BCUT2D eigenvalue weighted by Gasteiger charge is -2.10. The van der Waals surface area contributed by atoms with Gasteiger partial charge in [0, 0.05) is 28.4 Å². The van der Waals surface area contributed by atoms with Gasteiger partial charge in [0.15, 0.2) is 0 Å². The van der Waals surface area contributed by atoms with Crippen LogP contribution >= 0.6 is 39.1 Å². The molecule has 7 heteroatoms. The van der Waals surface area contributed by atoms with Crippen molar-refractivity contribution in [2.75, 3.05) is 25.6 Å². The minimum atomic E-state index is -0.271. The molecule has 1 amide bonds. The van der Waals surface area contributed by atoms with Gasteiger partial charge in [0.05, 0.1) is 11.1 Å². The number of rotatable bonds is 6. The van der Waals surface area contributed by atoms with E-state index >= 15 is 0 Å². The quantitative estimate of drug-likeness (QED) is 0.669. The first-order valence-corrected chi connectivity index (χ1v) is 8.23. The number of carbonyl (C=O) groups excluding carboxylic acids is 1. The Morgan fingerprint density at radius 2 is 1.83 bits per heavy atom. The lowest BCUT2D eigenvalue weighted by atomic mass is 10.2. The molecule has 0 aromatic heterocycles. The molecule has 0 fully saturated rings. The van der Waals surface area contributed by atoms with Crippen molar-refractivity contribution in [3.8, 4) is 5.75 Å². The van der Waals surface area contributed by atoms with Gasteiger partial charge in [-0.2, -0.15) is 0 Å². The normalized spacial score (nSPS) is 10.4. The highest BCUT2D eigenvalue weighted by Gasteiger charge is 2.10. The minimum Gasteiger partial charge on any atom is -0.490 e. The third kappa shape index (κ3) is 5.39. The number of ether oxygens (including phenoxy) is 2. The Kier molecular flexibility index (Phi) is 6.72. The van der Waals surface area contributed by atoms with Crippen molar-refractivity contribution in [2.45, 2.75) is 0 Å². The van der Waals surface area contributed by atoms with Gasteiger partial charge in [-0.1, -0.05) is 23.2 Å². The van der Waals surface area contributed by atoms with Gasteiger partial charge >= 0.3 is 0 Å². The number of hydrogen-bond acceptors (Lipinski definition) is 3. The van der Waals surface area contributed by atoms with E-state index in [0.717, 1.165) is 0 Å². The van der Waals surface area contributed by atoms with Crippen molar-refractivity contribution in [2.24, 2.45) is 0 Å². The van der Waals surface area contributed by atoms with E-state index in [1.807, 2.05) is 0 Å². The highest BCUT2D eigenvalue weighted by atomic mass is 79.9. The molecule has 23 heavy (non-hydrogen) atoms. The summed E-state index contributed by atoms with van der Waals surface area (Å²) in [6.07, 6.45) is 0. The predicted octanol–water partition coefficient (Wildman–Crippen LogP) is 5.03. The molecule has 0 unspecified atom stereocenters. The predicted molar refractivity (Wildman–Crippen MR) is 95.9 cm³/mol. The maximum atomic E-state index is 12.3. The van der Waals surface area contributed by atoms with Crippen molar-refractivity contribution < 1.29 is 14.3 Å². The molecule has 0 bridgehead atoms. The average Bonchev–Trinajstić information content (AvgIpc) is 2.48. The van der Waals surface area contributed by atoms with Crippen LogP contribution in [0.15, 0.2) is 40.9 Å². The van der Waals surface area contributed by atoms with Crippen LogP contribution in [0.4, 0.5) is 5.69 Å². The van der Waals surface area contributed by atoms with Crippen molar-refractivity contribution in [1.82, 2.24) is 0 Å². The van der Waals surface area contributed by atoms with E-state index in [0.29, 0.717) is 44.7 Å². The fourth-order valence-electron chi connectivity index (χ4n) is 1.82. The maximum Gasteiger partial charge on any atom is 0.255 e. The van der Waals surface area contributed by atoms with Gasteiger partial charge in [0.1, 0.15) is 12.4 Å². The van der Waals surface area contributed by atoms with Crippen LogP contribution < -0.4 is 10.1 Å². The number of methoxy groups -OCH3 is 1. The fraction of sp³-hybridized carbons (Fsp3) is 0.188. The van der Waals surface area contributed by atoms with Crippen LogP contribution in [0.3, 0.4) is 0 Å². The molecular weight excluding hydrogens is 405 g/mol. The SMILES string of the molecule is COCCOc1ccc(C(=O)Nc2cc(Cl)cc(Cl)c2)cc1Br. The largest absolute Gasteiger partial charge is 0.490 e. The zero-order valence-electron chi connectivity index (χ0n) is 12.2. The fourth-order valence-corrected chi connectivity index (χ4v) is 2.84. The summed E-state index contributed by atoms with van der Waals surface area (Å²) in [5.41, 5.74) is 1.01. The molecule has 0 saturated carbocycles. The zero-order chi connectivity index (χ0) is 16.8. The third-order valence-corrected chi connectivity index (χ3v) is 3.92. The van der Waals surface area contributed by atoms with Crippen molar-refractivity contribution in [3.63, 3.8) is 0 Å². The van der Waals surface area contributed by atoms with E-state index < -0.39 is 0 Å². The van der Waals surface area contributed by atoms with E-state index in [9.17, 15) is 4.79 Å². The Labute approximate surface area is 152 Å². The summed E-state index contributed by atoms with van der Waals surface area (Å²) in [5.74, 6) is 0.372. The number of halogens is 3. The molecule has 4 nitrogen and oxygen atoms in total. The molecule has 0 atom stereocenters. The number of benzene rings is 2. The molecule has 1 N–H and O–H groups in total. The molecule has 0 aliphatic carbocycles. The summed E-state index contributed by atoms with van der Waals surface area (Å²) in [6, 6.07) is 9.93. The standard InChI is InChI=1S/C16H14BrCl2NO3/c1-22-4-5-23-15-3-2-10(6-14(15)17)16(21)20-13-8-11(18)7-12(19)9-13/h2-3,6-9H,4-5H2,1H3,(H,20,21). The van der Waals surface area contributed by atoms with E-state index in [2.05, 4.69) is 21.2 Å².